The Morgan fingerprint density at radius 2 is 1.72 bits per heavy atom. The number of carbonyl (C=O) groups excluding carboxylic acids is 2. The minimum absolute atomic E-state index is 0.205. The maximum absolute atomic E-state index is 12.6. The van der Waals surface area contributed by atoms with Crippen LogP contribution in [-0.2, 0) is 4.79 Å². The molecule has 2 aromatic carbocycles. The number of aliphatic hydroxyl groups excluding tert-OH is 1. The molecule has 2 aromatic rings. The molecule has 0 bridgehead atoms. The molecule has 0 saturated carbocycles. The zero-order valence-corrected chi connectivity index (χ0v) is 16.4. The highest BCUT2D eigenvalue weighted by atomic mass is 16.5. The van der Waals surface area contributed by atoms with E-state index in [9.17, 15) is 14.7 Å². The van der Waals surface area contributed by atoms with Crippen molar-refractivity contribution in [2.24, 2.45) is 0 Å². The zero-order chi connectivity index (χ0) is 20.8. The molecule has 1 aliphatic heterocycles. The van der Waals surface area contributed by atoms with Crippen LogP contribution < -0.4 is 10.8 Å². The maximum Gasteiger partial charge on any atom is 0.318 e. The molecular weight excluding hydrogens is 370 g/mol. The molecule has 0 aliphatic carbocycles. The van der Waals surface area contributed by atoms with Gasteiger partial charge in [0.25, 0.3) is 5.91 Å². The molecule has 7 heteroatoms. The highest BCUT2D eigenvalue weighted by Gasteiger charge is 2.30. The van der Waals surface area contributed by atoms with Crippen LogP contribution in [0.3, 0.4) is 0 Å². The van der Waals surface area contributed by atoms with Crippen molar-refractivity contribution in [3.05, 3.63) is 60.2 Å². The molecule has 3 amide bonds. The topological polar surface area (TPSA) is 102 Å². The number of piperidine rings is 1. The standard InChI is InChI=1S/C22H27N3O4/c1-15(26)20(21(27)24-29)23-22(28)25-13-5-8-19(14-25)18-11-9-17(10-12-18)16-6-3-2-4-7-16/h2-4,6-7,9-12,15,19-20,26,29H,5,8,13-14H2,1H3,(H,23,28)(H,24,27)/t15-,19?,20+/m1/s1. The van der Waals surface area contributed by atoms with Crippen molar-refractivity contribution in [2.75, 3.05) is 13.1 Å². The first-order valence-corrected chi connectivity index (χ1v) is 9.82. The van der Waals surface area contributed by atoms with Crippen molar-refractivity contribution < 1.29 is 19.9 Å². The van der Waals surface area contributed by atoms with Crippen LogP contribution in [0.4, 0.5) is 4.79 Å². The highest BCUT2D eigenvalue weighted by molar-refractivity contribution is 5.86. The Bertz CT molecular complexity index is 824. The molecule has 0 spiro atoms. The smallest absolute Gasteiger partial charge is 0.318 e. The molecule has 1 fully saturated rings. The van der Waals surface area contributed by atoms with Gasteiger partial charge in [-0.15, -0.1) is 0 Å². The van der Waals surface area contributed by atoms with Gasteiger partial charge in [-0.1, -0.05) is 54.6 Å². The van der Waals surface area contributed by atoms with Crippen LogP contribution in [0.2, 0.25) is 0 Å². The number of hydrogen-bond donors (Lipinski definition) is 4. The molecule has 0 aromatic heterocycles. The van der Waals surface area contributed by atoms with Crippen molar-refractivity contribution >= 4 is 11.9 Å². The Kier molecular flexibility index (Phi) is 6.85. The van der Waals surface area contributed by atoms with Gasteiger partial charge < -0.3 is 15.3 Å². The van der Waals surface area contributed by atoms with Gasteiger partial charge in [0.15, 0.2) is 0 Å². The largest absolute Gasteiger partial charge is 0.391 e. The van der Waals surface area contributed by atoms with Gasteiger partial charge in [-0.2, -0.15) is 0 Å². The van der Waals surface area contributed by atoms with Gasteiger partial charge in [0, 0.05) is 19.0 Å². The van der Waals surface area contributed by atoms with E-state index in [4.69, 9.17) is 5.21 Å². The summed E-state index contributed by atoms with van der Waals surface area (Å²) in [5.74, 6) is -0.644. The molecule has 3 rings (SSSR count). The monoisotopic (exact) mass is 397 g/mol. The summed E-state index contributed by atoms with van der Waals surface area (Å²) in [5, 5.41) is 21.0. The predicted octanol–water partition coefficient (Wildman–Crippen LogP) is 2.50. The van der Waals surface area contributed by atoms with Crippen LogP contribution in [0.5, 0.6) is 0 Å². The summed E-state index contributed by atoms with van der Waals surface area (Å²) in [7, 11) is 0. The summed E-state index contributed by atoms with van der Waals surface area (Å²) in [6.45, 7) is 2.50. The van der Waals surface area contributed by atoms with Crippen molar-refractivity contribution in [1.82, 2.24) is 15.7 Å². The van der Waals surface area contributed by atoms with Crippen LogP contribution in [0.15, 0.2) is 54.6 Å². The van der Waals surface area contributed by atoms with Crippen molar-refractivity contribution in [3.8, 4) is 11.1 Å². The van der Waals surface area contributed by atoms with Crippen LogP contribution in [0, 0.1) is 0 Å². The molecule has 1 saturated heterocycles. The van der Waals surface area contributed by atoms with E-state index in [2.05, 4.69) is 41.7 Å². The summed E-state index contributed by atoms with van der Waals surface area (Å²) in [4.78, 5) is 25.9. The van der Waals surface area contributed by atoms with Gasteiger partial charge in [0.2, 0.25) is 0 Å². The molecule has 0 radical (unpaired) electrons. The van der Waals surface area contributed by atoms with E-state index in [0.717, 1.165) is 24.0 Å². The van der Waals surface area contributed by atoms with E-state index in [-0.39, 0.29) is 5.92 Å². The van der Waals surface area contributed by atoms with Gasteiger partial charge in [0.05, 0.1) is 6.10 Å². The van der Waals surface area contributed by atoms with Crippen molar-refractivity contribution in [1.29, 1.82) is 0 Å². The molecular formula is C22H27N3O4. The van der Waals surface area contributed by atoms with Crippen LogP contribution in [-0.4, -0.2) is 52.4 Å². The Morgan fingerprint density at radius 3 is 2.34 bits per heavy atom. The molecule has 29 heavy (non-hydrogen) atoms. The van der Waals surface area contributed by atoms with E-state index in [0.29, 0.717) is 13.1 Å². The van der Waals surface area contributed by atoms with E-state index in [1.807, 2.05) is 18.2 Å². The number of hydroxylamine groups is 1. The summed E-state index contributed by atoms with van der Waals surface area (Å²) in [6, 6.07) is 16.9. The Morgan fingerprint density at radius 1 is 1.07 bits per heavy atom. The molecule has 4 N–H and O–H groups in total. The molecule has 1 heterocycles. The highest BCUT2D eigenvalue weighted by Crippen LogP contribution is 2.29. The Balaban J connectivity index is 1.65. The number of urea groups is 1. The average molecular weight is 397 g/mol. The third kappa shape index (κ3) is 5.13. The second-order valence-electron chi connectivity index (χ2n) is 7.42. The third-order valence-corrected chi connectivity index (χ3v) is 5.35. The van der Waals surface area contributed by atoms with Gasteiger partial charge in [-0.3, -0.25) is 10.0 Å². The van der Waals surface area contributed by atoms with Gasteiger partial charge in [-0.25, -0.2) is 10.3 Å². The second-order valence-corrected chi connectivity index (χ2v) is 7.42. The SMILES string of the molecule is C[C@@H](O)[C@H](NC(=O)N1CCCC(c2ccc(-c3ccccc3)cc2)C1)C(=O)NO. The number of nitrogens with one attached hydrogen (secondary N) is 2. The number of aliphatic hydroxyl groups is 1. The Labute approximate surface area is 170 Å². The first-order chi connectivity index (χ1) is 14.0. The molecule has 1 aliphatic rings. The lowest BCUT2D eigenvalue weighted by molar-refractivity contribution is -0.133. The normalized spacial score (nSPS) is 18.6. The number of rotatable bonds is 5. The molecule has 7 nitrogen and oxygen atoms in total. The number of likely N-dealkylation sites (tertiary alicyclic amines) is 1. The van der Waals surface area contributed by atoms with Crippen LogP contribution >= 0.6 is 0 Å². The number of benzene rings is 2. The molecule has 1 unspecified atom stereocenters. The van der Waals surface area contributed by atoms with Crippen molar-refractivity contribution in [2.45, 2.75) is 37.8 Å². The first-order valence-electron chi connectivity index (χ1n) is 9.82. The summed E-state index contributed by atoms with van der Waals surface area (Å²) in [6.07, 6.45) is 0.701. The van der Waals surface area contributed by atoms with Crippen molar-refractivity contribution in [3.63, 3.8) is 0 Å². The lowest BCUT2D eigenvalue weighted by Crippen LogP contribution is -2.56. The van der Waals surface area contributed by atoms with Gasteiger partial charge >= 0.3 is 6.03 Å². The van der Waals surface area contributed by atoms with E-state index in [1.54, 1.807) is 4.90 Å². The van der Waals surface area contributed by atoms with Gasteiger partial charge in [0.1, 0.15) is 6.04 Å². The quantitative estimate of drug-likeness (QED) is 0.460. The minimum Gasteiger partial charge on any atom is -0.391 e. The minimum atomic E-state index is -1.21. The lowest BCUT2D eigenvalue weighted by atomic mass is 9.89. The fourth-order valence-electron chi connectivity index (χ4n) is 3.71. The average Bonchev–Trinajstić information content (AvgIpc) is 2.77. The second kappa shape index (κ2) is 9.54. The lowest BCUT2D eigenvalue weighted by Gasteiger charge is -2.34. The number of nitrogens with zero attached hydrogens (tertiary/aromatic N) is 1. The summed E-state index contributed by atoms with van der Waals surface area (Å²) < 4.78 is 0. The summed E-state index contributed by atoms with van der Waals surface area (Å²) in [5.41, 5.74) is 4.95. The third-order valence-electron chi connectivity index (χ3n) is 5.35. The maximum atomic E-state index is 12.6. The molecule has 3 atom stereocenters. The summed E-state index contributed by atoms with van der Waals surface area (Å²) >= 11 is 0. The fraction of sp³-hybridized carbons (Fsp3) is 0.364. The Hall–Kier alpha value is -2.90. The van der Waals surface area contributed by atoms with E-state index in [1.165, 1.54) is 18.0 Å². The van der Waals surface area contributed by atoms with Gasteiger partial charge in [-0.05, 0) is 36.5 Å². The number of amides is 3. The number of hydrogen-bond acceptors (Lipinski definition) is 4. The number of carbonyl (C=O) groups is 2. The predicted molar refractivity (Wildman–Crippen MR) is 109 cm³/mol. The first kappa shape index (κ1) is 20.8. The van der Waals surface area contributed by atoms with Crippen LogP contribution in [0.25, 0.3) is 11.1 Å². The van der Waals surface area contributed by atoms with E-state index >= 15 is 0 Å². The zero-order valence-electron chi connectivity index (χ0n) is 16.4. The van der Waals surface area contributed by atoms with Crippen LogP contribution in [0.1, 0.15) is 31.2 Å². The molecule has 154 valence electrons. The van der Waals surface area contributed by atoms with E-state index < -0.39 is 24.1 Å². The fourth-order valence-corrected chi connectivity index (χ4v) is 3.71.